The minimum absolute atomic E-state index is 0.0119. The monoisotopic (exact) mass is 349 g/mol. The third-order valence-electron chi connectivity index (χ3n) is 4.39. The third-order valence-corrected chi connectivity index (χ3v) is 5.32. The van der Waals surface area contributed by atoms with Crippen molar-refractivity contribution in [3.8, 4) is 0 Å². The van der Waals surface area contributed by atoms with E-state index in [4.69, 9.17) is 0 Å². The highest BCUT2D eigenvalue weighted by atomic mass is 32.1. The Bertz CT molecular complexity index is 756. The Morgan fingerprint density at radius 2 is 2.29 bits per heavy atom. The molecule has 1 aliphatic rings. The fraction of sp³-hybridized carbons (Fsp3) is 0.533. The molecule has 24 heavy (non-hydrogen) atoms. The number of hydrogen-bond donors (Lipinski definition) is 0. The molecule has 1 aliphatic heterocycles. The Labute approximate surface area is 143 Å². The van der Waals surface area contributed by atoms with Gasteiger partial charge < -0.3 is 4.90 Å². The van der Waals surface area contributed by atoms with Crippen molar-refractivity contribution in [2.45, 2.75) is 39.2 Å². The Balaban J connectivity index is 1.71. The molecule has 3 heterocycles. The zero-order valence-corrected chi connectivity index (χ0v) is 14.5. The van der Waals surface area contributed by atoms with E-state index in [0.29, 0.717) is 24.5 Å². The number of rotatable bonds is 4. The lowest BCUT2D eigenvalue weighted by molar-refractivity contribution is -0.386. The lowest BCUT2D eigenvalue weighted by Gasteiger charge is -2.31. The normalized spacial score (nSPS) is 17.9. The second-order valence-electron chi connectivity index (χ2n) is 5.98. The summed E-state index contributed by atoms with van der Waals surface area (Å²) in [6.45, 7) is 4.60. The standard InChI is InChI=1S/C15H19N5O3S/c1-10-14(20(22)23)11(2)19(17-10)9-13(21)18-6-3-4-12(8-18)15-16-5-7-24-15/h5,7,12H,3-4,6,8-9H2,1-2H3/t12-/m0/s1. The van der Waals surface area contributed by atoms with E-state index >= 15 is 0 Å². The highest BCUT2D eigenvalue weighted by molar-refractivity contribution is 7.09. The van der Waals surface area contributed by atoms with Gasteiger partial charge in [-0.3, -0.25) is 19.6 Å². The molecule has 0 N–H and O–H groups in total. The molecular formula is C15H19N5O3S. The molecule has 0 aromatic carbocycles. The Morgan fingerprint density at radius 3 is 2.92 bits per heavy atom. The molecule has 3 rings (SSSR count). The van der Waals surface area contributed by atoms with Crippen LogP contribution in [0.2, 0.25) is 0 Å². The smallest absolute Gasteiger partial charge is 0.312 e. The van der Waals surface area contributed by atoms with E-state index < -0.39 is 4.92 Å². The van der Waals surface area contributed by atoms with Crippen LogP contribution in [0.15, 0.2) is 11.6 Å². The molecule has 128 valence electrons. The van der Waals surface area contributed by atoms with Crippen molar-refractivity contribution < 1.29 is 9.72 Å². The van der Waals surface area contributed by atoms with Gasteiger partial charge in [0.05, 0.1) is 9.93 Å². The molecule has 1 amide bonds. The Morgan fingerprint density at radius 1 is 1.50 bits per heavy atom. The summed E-state index contributed by atoms with van der Waals surface area (Å²) in [5.74, 6) is 0.217. The number of nitrogens with zero attached hydrogens (tertiary/aromatic N) is 5. The molecule has 1 atom stereocenters. The van der Waals surface area contributed by atoms with Crippen molar-refractivity contribution in [1.82, 2.24) is 19.7 Å². The number of nitro groups is 1. The van der Waals surface area contributed by atoms with E-state index in [0.717, 1.165) is 17.8 Å². The summed E-state index contributed by atoms with van der Waals surface area (Å²) in [5.41, 5.74) is 0.742. The lowest BCUT2D eigenvalue weighted by Crippen LogP contribution is -2.41. The zero-order chi connectivity index (χ0) is 17.3. The number of likely N-dealkylation sites (tertiary alicyclic amines) is 1. The van der Waals surface area contributed by atoms with E-state index in [1.165, 1.54) is 4.68 Å². The molecule has 0 radical (unpaired) electrons. The van der Waals surface area contributed by atoms with Gasteiger partial charge in [0.15, 0.2) is 0 Å². The maximum atomic E-state index is 12.6. The number of hydrogen-bond acceptors (Lipinski definition) is 6. The SMILES string of the molecule is Cc1nn(CC(=O)N2CCC[C@H](c3nccs3)C2)c(C)c1[N+](=O)[O-]. The van der Waals surface area contributed by atoms with E-state index in [2.05, 4.69) is 10.1 Å². The first-order valence-corrected chi connectivity index (χ1v) is 8.71. The van der Waals surface area contributed by atoms with Gasteiger partial charge in [-0.25, -0.2) is 4.98 Å². The van der Waals surface area contributed by atoms with Crippen LogP contribution < -0.4 is 0 Å². The summed E-state index contributed by atoms with van der Waals surface area (Å²) in [5, 5.41) is 18.2. The van der Waals surface area contributed by atoms with Crippen LogP contribution in [-0.2, 0) is 11.3 Å². The van der Waals surface area contributed by atoms with Crippen molar-refractivity contribution in [1.29, 1.82) is 0 Å². The molecule has 2 aromatic heterocycles. The highest BCUT2D eigenvalue weighted by Gasteiger charge is 2.28. The van der Waals surface area contributed by atoms with Crippen LogP contribution in [0.25, 0.3) is 0 Å². The summed E-state index contributed by atoms with van der Waals surface area (Å²) in [4.78, 5) is 29.4. The fourth-order valence-electron chi connectivity index (χ4n) is 3.18. The van der Waals surface area contributed by atoms with Gasteiger partial charge in [-0.2, -0.15) is 5.10 Å². The average Bonchev–Trinajstić information content (AvgIpc) is 3.16. The molecule has 1 saturated heterocycles. The van der Waals surface area contributed by atoms with Gasteiger partial charge in [-0.05, 0) is 26.7 Å². The van der Waals surface area contributed by atoms with Crippen LogP contribution in [-0.4, -0.2) is 43.6 Å². The largest absolute Gasteiger partial charge is 0.340 e. The minimum atomic E-state index is -0.446. The Kier molecular flexibility index (Phi) is 4.61. The average molecular weight is 349 g/mol. The molecule has 0 unspecified atom stereocenters. The summed E-state index contributed by atoms with van der Waals surface area (Å²) in [6, 6.07) is 0. The maximum absolute atomic E-state index is 12.6. The van der Waals surface area contributed by atoms with Crippen molar-refractivity contribution >= 4 is 22.9 Å². The molecule has 0 bridgehead atoms. The molecule has 0 saturated carbocycles. The number of aryl methyl sites for hydroxylation is 1. The second-order valence-corrected chi connectivity index (χ2v) is 6.91. The molecule has 2 aromatic rings. The Hall–Kier alpha value is -2.29. The first-order chi connectivity index (χ1) is 11.5. The van der Waals surface area contributed by atoms with Gasteiger partial charge in [0.1, 0.15) is 17.9 Å². The quantitative estimate of drug-likeness (QED) is 0.623. The number of carbonyl (C=O) groups is 1. The molecule has 0 spiro atoms. The van der Waals surface area contributed by atoms with Gasteiger partial charge in [-0.1, -0.05) is 0 Å². The van der Waals surface area contributed by atoms with E-state index in [9.17, 15) is 14.9 Å². The van der Waals surface area contributed by atoms with Crippen LogP contribution in [0.1, 0.15) is 35.2 Å². The second kappa shape index (κ2) is 6.68. The third kappa shape index (κ3) is 3.16. The number of aromatic nitrogens is 3. The van der Waals surface area contributed by atoms with E-state index in [1.807, 2.05) is 10.3 Å². The van der Waals surface area contributed by atoms with Crippen LogP contribution in [0.4, 0.5) is 5.69 Å². The van der Waals surface area contributed by atoms with Crippen molar-refractivity contribution in [3.63, 3.8) is 0 Å². The van der Waals surface area contributed by atoms with E-state index in [1.54, 1.807) is 31.4 Å². The van der Waals surface area contributed by atoms with Gasteiger partial charge in [0, 0.05) is 30.6 Å². The van der Waals surface area contributed by atoms with Crippen LogP contribution in [0.3, 0.4) is 0 Å². The minimum Gasteiger partial charge on any atom is -0.340 e. The first kappa shape index (κ1) is 16.6. The number of carbonyl (C=O) groups excluding carboxylic acids is 1. The zero-order valence-electron chi connectivity index (χ0n) is 13.6. The van der Waals surface area contributed by atoms with Crippen molar-refractivity contribution in [2.24, 2.45) is 0 Å². The van der Waals surface area contributed by atoms with Gasteiger partial charge >= 0.3 is 5.69 Å². The van der Waals surface area contributed by atoms with Crippen molar-refractivity contribution in [3.05, 3.63) is 38.1 Å². The number of thiazole rings is 1. The summed E-state index contributed by atoms with van der Waals surface area (Å²) < 4.78 is 1.43. The van der Waals surface area contributed by atoms with Gasteiger partial charge in [0.25, 0.3) is 0 Å². The van der Waals surface area contributed by atoms with Crippen molar-refractivity contribution in [2.75, 3.05) is 13.1 Å². The predicted molar refractivity (Wildman–Crippen MR) is 89.0 cm³/mol. The summed E-state index contributed by atoms with van der Waals surface area (Å²) in [7, 11) is 0. The molecule has 8 nitrogen and oxygen atoms in total. The topological polar surface area (TPSA) is 94.2 Å². The lowest BCUT2D eigenvalue weighted by atomic mass is 9.99. The van der Waals surface area contributed by atoms with Gasteiger partial charge in [-0.15, -0.1) is 11.3 Å². The van der Waals surface area contributed by atoms with Crippen LogP contribution >= 0.6 is 11.3 Å². The summed E-state index contributed by atoms with van der Waals surface area (Å²) >= 11 is 1.62. The first-order valence-electron chi connectivity index (χ1n) is 7.83. The van der Waals surface area contributed by atoms with E-state index in [-0.39, 0.29) is 24.1 Å². The highest BCUT2D eigenvalue weighted by Crippen LogP contribution is 2.28. The molecule has 1 fully saturated rings. The predicted octanol–water partition coefficient (Wildman–Crippen LogP) is 2.27. The van der Waals surface area contributed by atoms with Crippen LogP contribution in [0, 0.1) is 24.0 Å². The number of amides is 1. The van der Waals surface area contributed by atoms with Crippen LogP contribution in [0.5, 0.6) is 0 Å². The number of piperidine rings is 1. The molecule has 9 heteroatoms. The molecule has 0 aliphatic carbocycles. The summed E-state index contributed by atoms with van der Waals surface area (Å²) in [6.07, 6.45) is 3.76. The maximum Gasteiger partial charge on any atom is 0.312 e. The fourth-order valence-corrected chi connectivity index (χ4v) is 3.94. The molecular weight excluding hydrogens is 330 g/mol. The van der Waals surface area contributed by atoms with Gasteiger partial charge in [0.2, 0.25) is 5.91 Å².